The molecule has 0 aromatic heterocycles. The van der Waals surface area contributed by atoms with Crippen molar-refractivity contribution in [1.29, 1.82) is 0 Å². The SMILES string of the molecule is O=C(O)C1CCC(CNCC2(CO)CCCCC2)O1. The summed E-state index contributed by atoms with van der Waals surface area (Å²) in [5.74, 6) is -0.860. The number of ether oxygens (including phenoxy) is 1. The van der Waals surface area contributed by atoms with E-state index in [4.69, 9.17) is 9.84 Å². The molecule has 0 spiro atoms. The van der Waals surface area contributed by atoms with E-state index >= 15 is 0 Å². The van der Waals surface area contributed by atoms with Gasteiger partial charge in [-0.2, -0.15) is 0 Å². The third-order valence-corrected chi connectivity index (χ3v) is 4.50. The maximum absolute atomic E-state index is 10.8. The molecule has 19 heavy (non-hydrogen) atoms. The van der Waals surface area contributed by atoms with Gasteiger partial charge in [-0.25, -0.2) is 4.79 Å². The minimum atomic E-state index is -0.860. The number of carboxylic acid groups (broad SMARTS) is 1. The first-order valence-corrected chi connectivity index (χ1v) is 7.35. The third-order valence-electron chi connectivity index (χ3n) is 4.50. The van der Waals surface area contributed by atoms with Gasteiger partial charge in [0.05, 0.1) is 6.10 Å². The lowest BCUT2D eigenvalue weighted by molar-refractivity contribution is -0.149. The highest BCUT2D eigenvalue weighted by Gasteiger charge is 2.33. The van der Waals surface area contributed by atoms with E-state index in [-0.39, 0.29) is 18.1 Å². The molecule has 0 aromatic rings. The standard InChI is InChI=1S/C14H25NO4/c16-10-14(6-2-1-3-7-14)9-15-8-11-4-5-12(19-11)13(17)18/h11-12,15-16H,1-10H2,(H,17,18). The number of hydrogen-bond acceptors (Lipinski definition) is 4. The van der Waals surface area contributed by atoms with Gasteiger partial charge in [0.15, 0.2) is 6.10 Å². The number of aliphatic carboxylic acids is 1. The summed E-state index contributed by atoms with van der Waals surface area (Å²) in [6.45, 7) is 1.73. The summed E-state index contributed by atoms with van der Waals surface area (Å²) < 4.78 is 5.45. The maximum atomic E-state index is 10.8. The number of nitrogens with one attached hydrogen (secondary N) is 1. The van der Waals surface area contributed by atoms with Crippen LogP contribution in [0.25, 0.3) is 0 Å². The van der Waals surface area contributed by atoms with Gasteiger partial charge in [0, 0.05) is 25.1 Å². The zero-order valence-electron chi connectivity index (χ0n) is 11.4. The lowest BCUT2D eigenvalue weighted by Gasteiger charge is -2.36. The Morgan fingerprint density at radius 3 is 2.58 bits per heavy atom. The summed E-state index contributed by atoms with van der Waals surface area (Å²) >= 11 is 0. The van der Waals surface area contributed by atoms with Crippen LogP contribution in [0.1, 0.15) is 44.9 Å². The van der Waals surface area contributed by atoms with Gasteiger partial charge in [-0.15, -0.1) is 0 Å². The Morgan fingerprint density at radius 1 is 1.26 bits per heavy atom. The predicted molar refractivity (Wildman–Crippen MR) is 71.0 cm³/mol. The van der Waals surface area contributed by atoms with E-state index in [1.807, 2.05) is 0 Å². The summed E-state index contributed by atoms with van der Waals surface area (Å²) in [5, 5.41) is 21.8. The van der Waals surface area contributed by atoms with Crippen molar-refractivity contribution in [1.82, 2.24) is 5.32 Å². The zero-order chi connectivity index (χ0) is 13.7. The smallest absolute Gasteiger partial charge is 0.332 e. The number of aliphatic hydroxyl groups is 1. The van der Waals surface area contributed by atoms with Gasteiger partial charge in [-0.05, 0) is 25.7 Å². The zero-order valence-corrected chi connectivity index (χ0v) is 11.4. The molecule has 2 unspecified atom stereocenters. The van der Waals surface area contributed by atoms with Crippen molar-refractivity contribution < 1.29 is 19.7 Å². The Bertz CT molecular complexity index is 302. The molecular weight excluding hydrogens is 246 g/mol. The largest absolute Gasteiger partial charge is 0.479 e. The second-order valence-electron chi connectivity index (χ2n) is 6.01. The number of rotatable bonds is 6. The van der Waals surface area contributed by atoms with Crippen LogP contribution in [0.3, 0.4) is 0 Å². The van der Waals surface area contributed by atoms with Crippen molar-refractivity contribution >= 4 is 5.97 Å². The van der Waals surface area contributed by atoms with Crippen LogP contribution in [0.4, 0.5) is 0 Å². The van der Waals surface area contributed by atoms with E-state index in [0.29, 0.717) is 13.0 Å². The Labute approximate surface area is 114 Å². The van der Waals surface area contributed by atoms with Crippen molar-refractivity contribution in [2.45, 2.75) is 57.2 Å². The summed E-state index contributed by atoms with van der Waals surface area (Å²) in [6.07, 6.45) is 6.61. The van der Waals surface area contributed by atoms with Gasteiger partial charge in [0.1, 0.15) is 0 Å². The average molecular weight is 271 g/mol. The lowest BCUT2D eigenvalue weighted by atomic mass is 9.74. The lowest BCUT2D eigenvalue weighted by Crippen LogP contribution is -2.41. The van der Waals surface area contributed by atoms with Crippen molar-refractivity contribution in [2.24, 2.45) is 5.41 Å². The molecule has 1 aliphatic heterocycles. The molecule has 0 bridgehead atoms. The molecule has 0 amide bonds. The molecule has 0 radical (unpaired) electrons. The molecule has 5 nitrogen and oxygen atoms in total. The van der Waals surface area contributed by atoms with Crippen LogP contribution in [0.2, 0.25) is 0 Å². The molecule has 5 heteroatoms. The molecule has 2 rings (SSSR count). The predicted octanol–water partition coefficient (Wildman–Crippen LogP) is 1.15. The fourth-order valence-corrected chi connectivity index (χ4v) is 3.23. The van der Waals surface area contributed by atoms with E-state index in [2.05, 4.69) is 5.32 Å². The summed E-state index contributed by atoms with van der Waals surface area (Å²) in [7, 11) is 0. The van der Waals surface area contributed by atoms with Crippen molar-refractivity contribution in [3.63, 3.8) is 0 Å². The topological polar surface area (TPSA) is 78.8 Å². The second-order valence-corrected chi connectivity index (χ2v) is 6.01. The van der Waals surface area contributed by atoms with Crippen LogP contribution >= 0.6 is 0 Å². The highest BCUT2D eigenvalue weighted by molar-refractivity contribution is 5.72. The van der Waals surface area contributed by atoms with Gasteiger partial charge in [0.2, 0.25) is 0 Å². The van der Waals surface area contributed by atoms with Crippen LogP contribution < -0.4 is 5.32 Å². The second kappa shape index (κ2) is 6.68. The molecule has 110 valence electrons. The molecule has 1 saturated heterocycles. The van der Waals surface area contributed by atoms with Crippen LogP contribution in [0.15, 0.2) is 0 Å². The molecule has 3 N–H and O–H groups in total. The Morgan fingerprint density at radius 2 is 2.00 bits per heavy atom. The van der Waals surface area contributed by atoms with Gasteiger partial charge in [-0.3, -0.25) is 0 Å². The summed E-state index contributed by atoms with van der Waals surface area (Å²) in [4.78, 5) is 10.8. The highest BCUT2D eigenvalue weighted by atomic mass is 16.5. The first kappa shape index (κ1) is 14.8. The minimum Gasteiger partial charge on any atom is -0.479 e. The fourth-order valence-electron chi connectivity index (χ4n) is 3.23. The molecule has 1 aliphatic carbocycles. The fraction of sp³-hybridized carbons (Fsp3) is 0.929. The number of carboxylic acids is 1. The van der Waals surface area contributed by atoms with Crippen molar-refractivity contribution in [2.75, 3.05) is 19.7 Å². The third kappa shape index (κ3) is 3.91. The summed E-state index contributed by atoms with van der Waals surface area (Å²) in [6, 6.07) is 0. The minimum absolute atomic E-state index is 0.000401. The molecule has 1 saturated carbocycles. The Kier molecular flexibility index (Phi) is 5.19. The van der Waals surface area contributed by atoms with Gasteiger partial charge < -0.3 is 20.3 Å². The maximum Gasteiger partial charge on any atom is 0.332 e. The van der Waals surface area contributed by atoms with Gasteiger partial charge in [-0.1, -0.05) is 19.3 Å². The molecular formula is C14H25NO4. The first-order chi connectivity index (χ1) is 9.15. The van der Waals surface area contributed by atoms with Crippen LogP contribution in [-0.4, -0.2) is 48.1 Å². The quantitative estimate of drug-likeness (QED) is 0.675. The number of hydrogen-bond donors (Lipinski definition) is 3. The van der Waals surface area contributed by atoms with E-state index in [1.165, 1.54) is 19.3 Å². The summed E-state index contributed by atoms with van der Waals surface area (Å²) in [5.41, 5.74) is 0.0308. The Balaban J connectivity index is 1.70. The average Bonchev–Trinajstić information content (AvgIpc) is 2.89. The normalized spacial score (nSPS) is 30.4. The molecule has 2 atom stereocenters. The van der Waals surface area contributed by atoms with E-state index in [9.17, 15) is 9.90 Å². The van der Waals surface area contributed by atoms with E-state index in [1.54, 1.807) is 0 Å². The number of carbonyl (C=O) groups is 1. The monoisotopic (exact) mass is 271 g/mol. The van der Waals surface area contributed by atoms with Gasteiger partial charge >= 0.3 is 5.97 Å². The van der Waals surface area contributed by atoms with Crippen LogP contribution in [-0.2, 0) is 9.53 Å². The van der Waals surface area contributed by atoms with E-state index in [0.717, 1.165) is 25.8 Å². The van der Waals surface area contributed by atoms with Crippen molar-refractivity contribution in [3.05, 3.63) is 0 Å². The number of aliphatic hydroxyl groups excluding tert-OH is 1. The van der Waals surface area contributed by atoms with Gasteiger partial charge in [0.25, 0.3) is 0 Å². The first-order valence-electron chi connectivity index (χ1n) is 7.35. The van der Waals surface area contributed by atoms with Crippen LogP contribution in [0, 0.1) is 5.41 Å². The van der Waals surface area contributed by atoms with E-state index < -0.39 is 12.1 Å². The molecule has 0 aromatic carbocycles. The molecule has 1 heterocycles. The molecule has 2 fully saturated rings. The van der Waals surface area contributed by atoms with Crippen LogP contribution in [0.5, 0.6) is 0 Å². The Hall–Kier alpha value is -0.650. The highest BCUT2D eigenvalue weighted by Crippen LogP contribution is 2.35. The van der Waals surface area contributed by atoms with Crippen molar-refractivity contribution in [3.8, 4) is 0 Å². The molecule has 2 aliphatic rings.